The van der Waals surface area contributed by atoms with Crippen LogP contribution < -0.4 is 5.73 Å². The van der Waals surface area contributed by atoms with Gasteiger partial charge < -0.3 is 5.73 Å². The Morgan fingerprint density at radius 1 is 1.62 bits per heavy atom. The van der Waals surface area contributed by atoms with Gasteiger partial charge in [0.2, 0.25) is 0 Å². The highest BCUT2D eigenvalue weighted by molar-refractivity contribution is 6.32. The standard InChI is InChI=1S/C9H10Cl2N2/c1-2-3-8(12)6-4-9(11)13-5-7(6)10/h2,4-5,8H,1,3,12H2/t8-/m1/s1. The second kappa shape index (κ2) is 4.61. The van der Waals surface area contributed by atoms with Crippen LogP contribution in [0.15, 0.2) is 24.9 Å². The lowest BCUT2D eigenvalue weighted by molar-refractivity contribution is 0.740. The topological polar surface area (TPSA) is 38.9 Å². The van der Waals surface area contributed by atoms with Crippen LogP contribution in [-0.2, 0) is 0 Å². The predicted molar refractivity (Wildman–Crippen MR) is 56.0 cm³/mol. The minimum atomic E-state index is -0.162. The lowest BCUT2D eigenvalue weighted by atomic mass is 10.1. The highest BCUT2D eigenvalue weighted by atomic mass is 35.5. The largest absolute Gasteiger partial charge is 0.324 e. The normalized spacial score (nSPS) is 12.5. The van der Waals surface area contributed by atoms with Gasteiger partial charge in [-0.25, -0.2) is 4.98 Å². The molecule has 0 bridgehead atoms. The van der Waals surface area contributed by atoms with E-state index >= 15 is 0 Å². The maximum absolute atomic E-state index is 5.89. The molecule has 0 saturated carbocycles. The number of hydrogen-bond acceptors (Lipinski definition) is 2. The molecule has 1 atom stereocenters. The Hall–Kier alpha value is -0.570. The second-order valence-electron chi connectivity index (χ2n) is 2.66. The summed E-state index contributed by atoms with van der Waals surface area (Å²) in [7, 11) is 0. The van der Waals surface area contributed by atoms with E-state index in [1.165, 1.54) is 6.20 Å². The molecule has 0 radical (unpaired) electrons. The van der Waals surface area contributed by atoms with Gasteiger partial charge in [0.05, 0.1) is 5.02 Å². The lowest BCUT2D eigenvalue weighted by Crippen LogP contribution is -2.09. The molecule has 0 fully saturated rings. The van der Waals surface area contributed by atoms with Crippen molar-refractivity contribution in [1.29, 1.82) is 0 Å². The molecule has 2 nitrogen and oxygen atoms in total. The molecular weight excluding hydrogens is 207 g/mol. The molecule has 0 aliphatic carbocycles. The molecule has 1 aromatic heterocycles. The molecule has 1 heterocycles. The Bertz CT molecular complexity index is 312. The van der Waals surface area contributed by atoms with Gasteiger partial charge >= 0.3 is 0 Å². The van der Waals surface area contributed by atoms with Crippen molar-refractivity contribution in [2.45, 2.75) is 12.5 Å². The Morgan fingerprint density at radius 2 is 2.31 bits per heavy atom. The van der Waals surface area contributed by atoms with Gasteiger partial charge in [-0.3, -0.25) is 0 Å². The Labute approximate surface area is 87.4 Å². The van der Waals surface area contributed by atoms with Crippen LogP contribution >= 0.6 is 23.2 Å². The lowest BCUT2D eigenvalue weighted by Gasteiger charge is -2.10. The smallest absolute Gasteiger partial charge is 0.129 e. The Kier molecular flexibility index (Phi) is 3.72. The number of nitrogens with two attached hydrogens (primary N) is 1. The van der Waals surface area contributed by atoms with E-state index in [2.05, 4.69) is 11.6 Å². The molecule has 1 rings (SSSR count). The third-order valence-corrected chi connectivity index (χ3v) is 2.19. The fourth-order valence-corrected chi connectivity index (χ4v) is 1.43. The SMILES string of the molecule is C=CC[C@@H](N)c1cc(Cl)ncc1Cl. The second-order valence-corrected chi connectivity index (χ2v) is 3.45. The maximum Gasteiger partial charge on any atom is 0.129 e. The van der Waals surface area contributed by atoms with Gasteiger partial charge in [0.25, 0.3) is 0 Å². The molecule has 0 aliphatic rings. The molecule has 0 unspecified atom stereocenters. The summed E-state index contributed by atoms with van der Waals surface area (Å²) < 4.78 is 0. The average molecular weight is 217 g/mol. The van der Waals surface area contributed by atoms with Crippen molar-refractivity contribution in [3.8, 4) is 0 Å². The molecule has 0 aromatic carbocycles. The zero-order valence-electron chi connectivity index (χ0n) is 7.00. The van der Waals surface area contributed by atoms with E-state index < -0.39 is 0 Å². The molecule has 0 aliphatic heterocycles. The molecule has 1 aromatic rings. The first kappa shape index (κ1) is 10.5. The minimum Gasteiger partial charge on any atom is -0.324 e. The predicted octanol–water partition coefficient (Wildman–Crippen LogP) is 2.96. The zero-order chi connectivity index (χ0) is 9.84. The van der Waals surface area contributed by atoms with Crippen LogP contribution in [-0.4, -0.2) is 4.98 Å². The van der Waals surface area contributed by atoms with Gasteiger partial charge in [-0.2, -0.15) is 0 Å². The van der Waals surface area contributed by atoms with E-state index in [1.807, 2.05) is 0 Å². The van der Waals surface area contributed by atoms with E-state index in [1.54, 1.807) is 12.1 Å². The van der Waals surface area contributed by atoms with Crippen molar-refractivity contribution in [2.75, 3.05) is 0 Å². The molecule has 0 saturated heterocycles. The Balaban J connectivity index is 2.97. The van der Waals surface area contributed by atoms with Crippen LogP contribution in [0.1, 0.15) is 18.0 Å². The van der Waals surface area contributed by atoms with Crippen molar-refractivity contribution < 1.29 is 0 Å². The number of aromatic nitrogens is 1. The van der Waals surface area contributed by atoms with Crippen LogP contribution in [0.5, 0.6) is 0 Å². The highest BCUT2D eigenvalue weighted by Crippen LogP contribution is 2.25. The molecule has 4 heteroatoms. The average Bonchev–Trinajstić information content (AvgIpc) is 2.09. The van der Waals surface area contributed by atoms with Crippen molar-refractivity contribution in [3.63, 3.8) is 0 Å². The monoisotopic (exact) mass is 216 g/mol. The van der Waals surface area contributed by atoms with E-state index in [0.29, 0.717) is 16.6 Å². The summed E-state index contributed by atoms with van der Waals surface area (Å²) in [5.41, 5.74) is 6.64. The highest BCUT2D eigenvalue weighted by Gasteiger charge is 2.09. The first-order valence-corrected chi connectivity index (χ1v) is 4.58. The fraction of sp³-hybridized carbons (Fsp3) is 0.222. The number of rotatable bonds is 3. The number of halogens is 2. The molecule has 0 spiro atoms. The minimum absolute atomic E-state index is 0.162. The summed E-state index contributed by atoms with van der Waals surface area (Å²) in [5.74, 6) is 0. The summed E-state index contributed by atoms with van der Waals surface area (Å²) in [6, 6.07) is 1.52. The van der Waals surface area contributed by atoms with E-state index in [-0.39, 0.29) is 6.04 Å². The van der Waals surface area contributed by atoms with Crippen molar-refractivity contribution in [1.82, 2.24) is 4.98 Å². The van der Waals surface area contributed by atoms with Crippen molar-refractivity contribution in [3.05, 3.63) is 40.7 Å². The third-order valence-electron chi connectivity index (χ3n) is 1.67. The van der Waals surface area contributed by atoms with E-state index in [0.717, 1.165) is 5.56 Å². The van der Waals surface area contributed by atoms with Crippen LogP contribution in [0.25, 0.3) is 0 Å². The maximum atomic E-state index is 5.89. The first-order chi connectivity index (χ1) is 6.15. The summed E-state index contributed by atoms with van der Waals surface area (Å²) in [5, 5.41) is 0.942. The zero-order valence-corrected chi connectivity index (χ0v) is 8.52. The fourth-order valence-electron chi connectivity index (χ4n) is 1.02. The van der Waals surface area contributed by atoms with Crippen LogP contribution in [0.2, 0.25) is 10.2 Å². The molecular formula is C9H10Cl2N2. The molecule has 2 N–H and O–H groups in total. The number of nitrogens with zero attached hydrogens (tertiary/aromatic N) is 1. The number of hydrogen-bond donors (Lipinski definition) is 1. The Morgan fingerprint density at radius 3 is 2.92 bits per heavy atom. The quantitative estimate of drug-likeness (QED) is 0.624. The molecule has 13 heavy (non-hydrogen) atoms. The third kappa shape index (κ3) is 2.69. The summed E-state index contributed by atoms with van der Waals surface area (Å²) in [4.78, 5) is 3.83. The van der Waals surface area contributed by atoms with E-state index in [4.69, 9.17) is 28.9 Å². The van der Waals surface area contributed by atoms with Gasteiger partial charge in [0.1, 0.15) is 5.15 Å². The first-order valence-electron chi connectivity index (χ1n) is 3.82. The van der Waals surface area contributed by atoms with Crippen LogP contribution in [0.3, 0.4) is 0 Å². The van der Waals surface area contributed by atoms with Gasteiger partial charge in [0, 0.05) is 12.2 Å². The molecule has 0 amide bonds. The van der Waals surface area contributed by atoms with Crippen molar-refractivity contribution in [2.24, 2.45) is 5.73 Å². The van der Waals surface area contributed by atoms with Gasteiger partial charge in [-0.1, -0.05) is 29.3 Å². The van der Waals surface area contributed by atoms with Crippen molar-refractivity contribution >= 4 is 23.2 Å². The van der Waals surface area contributed by atoms with Crippen LogP contribution in [0, 0.1) is 0 Å². The summed E-state index contributed by atoms with van der Waals surface area (Å²) in [6.45, 7) is 3.61. The van der Waals surface area contributed by atoms with Gasteiger partial charge in [-0.15, -0.1) is 6.58 Å². The molecule has 70 valence electrons. The van der Waals surface area contributed by atoms with E-state index in [9.17, 15) is 0 Å². The summed E-state index contributed by atoms with van der Waals surface area (Å²) >= 11 is 11.6. The van der Waals surface area contributed by atoms with Gasteiger partial charge in [0.15, 0.2) is 0 Å². The summed E-state index contributed by atoms with van der Waals surface area (Å²) in [6.07, 6.45) is 3.91. The van der Waals surface area contributed by atoms with Crippen LogP contribution in [0.4, 0.5) is 0 Å². The van der Waals surface area contributed by atoms with Gasteiger partial charge in [-0.05, 0) is 18.1 Å². The number of pyridine rings is 1.